The van der Waals surface area contributed by atoms with E-state index < -0.39 is 5.41 Å². The van der Waals surface area contributed by atoms with Crippen LogP contribution >= 0.6 is 11.6 Å². The molecule has 4 saturated carbocycles. The Hall–Kier alpha value is -0.810. The largest absolute Gasteiger partial charge is 0.455 e. The van der Waals surface area contributed by atoms with Crippen molar-refractivity contribution in [3.63, 3.8) is 0 Å². The molecule has 1 heterocycles. The molecule has 0 aromatic carbocycles. The van der Waals surface area contributed by atoms with Gasteiger partial charge in [0.15, 0.2) is 6.61 Å². The van der Waals surface area contributed by atoms with E-state index in [1.165, 1.54) is 6.42 Å². The average molecular weight is 356 g/mol. The van der Waals surface area contributed by atoms with Gasteiger partial charge in [0.2, 0.25) is 0 Å². The van der Waals surface area contributed by atoms with Gasteiger partial charge < -0.3 is 14.8 Å². The van der Waals surface area contributed by atoms with Crippen LogP contribution in [0.2, 0.25) is 0 Å². The van der Waals surface area contributed by atoms with Gasteiger partial charge in [0, 0.05) is 18.0 Å². The summed E-state index contributed by atoms with van der Waals surface area (Å²) in [6.45, 7) is 1.06. The smallest absolute Gasteiger partial charge is 0.312 e. The molecule has 4 aliphatic carbocycles. The van der Waals surface area contributed by atoms with E-state index in [1.54, 1.807) is 0 Å². The number of nitrogens with one attached hydrogen (secondary N) is 1. The summed E-state index contributed by atoms with van der Waals surface area (Å²) in [7, 11) is 0. The second-order valence-electron chi connectivity index (χ2n) is 8.41. The molecule has 5 fully saturated rings. The lowest BCUT2D eigenvalue weighted by Gasteiger charge is -2.58. The average Bonchev–Trinajstić information content (AvgIpc) is 3.01. The quantitative estimate of drug-likeness (QED) is 0.607. The van der Waals surface area contributed by atoms with Crippen LogP contribution in [0.15, 0.2) is 0 Å². The Labute approximate surface area is 147 Å². The molecule has 5 nitrogen and oxygen atoms in total. The van der Waals surface area contributed by atoms with Crippen molar-refractivity contribution in [1.82, 2.24) is 5.32 Å². The van der Waals surface area contributed by atoms with Crippen molar-refractivity contribution in [3.8, 4) is 0 Å². The summed E-state index contributed by atoms with van der Waals surface area (Å²) >= 11 is 6.75. The number of halogens is 1. The Kier molecular flexibility index (Phi) is 4.28. The normalized spacial score (nSPS) is 43.0. The van der Waals surface area contributed by atoms with Gasteiger partial charge in [-0.15, -0.1) is 11.6 Å². The number of hydrogen-bond acceptors (Lipinski definition) is 4. The van der Waals surface area contributed by atoms with Gasteiger partial charge in [-0.25, -0.2) is 0 Å². The van der Waals surface area contributed by atoms with Crippen LogP contribution in [0.1, 0.15) is 51.4 Å². The molecule has 4 bridgehead atoms. The fourth-order valence-corrected chi connectivity index (χ4v) is 6.45. The molecule has 5 aliphatic rings. The van der Waals surface area contributed by atoms with Crippen molar-refractivity contribution in [3.05, 3.63) is 0 Å². The number of ether oxygens (including phenoxy) is 2. The van der Waals surface area contributed by atoms with Gasteiger partial charge in [0.1, 0.15) is 0 Å². The first-order chi connectivity index (χ1) is 11.5. The Morgan fingerprint density at radius 3 is 2.58 bits per heavy atom. The first-order valence-corrected chi connectivity index (χ1v) is 9.59. The van der Waals surface area contributed by atoms with Crippen molar-refractivity contribution >= 4 is 23.5 Å². The van der Waals surface area contributed by atoms with Crippen LogP contribution in [0.25, 0.3) is 0 Å². The maximum atomic E-state index is 12.7. The summed E-state index contributed by atoms with van der Waals surface area (Å²) in [6, 6.07) is 0. The van der Waals surface area contributed by atoms with E-state index >= 15 is 0 Å². The zero-order chi connectivity index (χ0) is 16.8. The van der Waals surface area contributed by atoms with E-state index in [0.717, 1.165) is 45.1 Å². The molecule has 0 unspecified atom stereocenters. The maximum absolute atomic E-state index is 12.7. The van der Waals surface area contributed by atoms with Crippen LogP contribution in [-0.2, 0) is 19.1 Å². The molecule has 1 amide bonds. The van der Waals surface area contributed by atoms with E-state index in [4.69, 9.17) is 21.1 Å². The maximum Gasteiger partial charge on any atom is 0.312 e. The van der Waals surface area contributed by atoms with E-state index in [0.29, 0.717) is 24.8 Å². The molecule has 6 heteroatoms. The lowest BCUT2D eigenvalue weighted by molar-refractivity contribution is -0.171. The van der Waals surface area contributed by atoms with Crippen molar-refractivity contribution in [2.24, 2.45) is 17.3 Å². The van der Waals surface area contributed by atoms with E-state index in [2.05, 4.69) is 5.32 Å². The van der Waals surface area contributed by atoms with Crippen LogP contribution in [-0.4, -0.2) is 42.6 Å². The standard InChI is InChI=1S/C18H26ClNO4/c19-18-7-12-4-13(8-18)6-17(5-12,11-18)16(22)24-10-15(21)20-9-14-2-1-3-23-14/h12-14H,1-11H2,(H,20,21)/t12-,13-,14-,17?,18?/m1/s1. The van der Waals surface area contributed by atoms with Crippen LogP contribution in [0.5, 0.6) is 0 Å². The molecule has 24 heavy (non-hydrogen) atoms. The monoisotopic (exact) mass is 355 g/mol. The Balaban J connectivity index is 1.29. The highest BCUT2D eigenvalue weighted by Gasteiger charge is 2.60. The number of alkyl halides is 1. The Bertz CT molecular complexity index is 517. The van der Waals surface area contributed by atoms with Gasteiger partial charge in [-0.05, 0) is 63.2 Å². The van der Waals surface area contributed by atoms with Crippen LogP contribution in [0.3, 0.4) is 0 Å². The molecule has 0 spiro atoms. The zero-order valence-electron chi connectivity index (χ0n) is 14.0. The Morgan fingerprint density at radius 1 is 1.21 bits per heavy atom. The van der Waals surface area contributed by atoms with Gasteiger partial charge in [-0.3, -0.25) is 9.59 Å². The predicted molar refractivity (Wildman–Crippen MR) is 88.6 cm³/mol. The van der Waals surface area contributed by atoms with Gasteiger partial charge in [-0.1, -0.05) is 0 Å². The third kappa shape index (κ3) is 3.17. The summed E-state index contributed by atoms with van der Waals surface area (Å²) in [5.74, 6) is 0.632. The second kappa shape index (κ2) is 6.17. The van der Waals surface area contributed by atoms with E-state index in [9.17, 15) is 9.59 Å². The topological polar surface area (TPSA) is 64.6 Å². The highest BCUT2D eigenvalue weighted by Crippen LogP contribution is 2.64. The highest BCUT2D eigenvalue weighted by atomic mass is 35.5. The summed E-state index contributed by atoms with van der Waals surface area (Å²) < 4.78 is 10.9. The van der Waals surface area contributed by atoms with Crippen LogP contribution in [0.4, 0.5) is 0 Å². The fraction of sp³-hybridized carbons (Fsp3) is 0.889. The molecule has 1 aliphatic heterocycles. The molecule has 134 valence electrons. The molecule has 0 aromatic rings. The molecule has 0 radical (unpaired) electrons. The fourth-order valence-electron chi connectivity index (χ4n) is 5.76. The van der Waals surface area contributed by atoms with Crippen molar-refractivity contribution in [2.75, 3.05) is 19.8 Å². The van der Waals surface area contributed by atoms with Crippen molar-refractivity contribution < 1.29 is 19.1 Å². The van der Waals surface area contributed by atoms with Gasteiger partial charge in [-0.2, -0.15) is 0 Å². The first-order valence-electron chi connectivity index (χ1n) is 9.21. The van der Waals surface area contributed by atoms with Gasteiger partial charge in [0.25, 0.3) is 5.91 Å². The summed E-state index contributed by atoms with van der Waals surface area (Å²) in [6.07, 6.45) is 7.86. The Morgan fingerprint density at radius 2 is 1.96 bits per heavy atom. The molecule has 1 saturated heterocycles. The van der Waals surface area contributed by atoms with Gasteiger partial charge >= 0.3 is 5.97 Å². The summed E-state index contributed by atoms with van der Waals surface area (Å²) in [4.78, 5) is 24.4. The molecule has 3 atom stereocenters. The number of rotatable bonds is 5. The van der Waals surface area contributed by atoms with Crippen LogP contribution in [0, 0.1) is 17.3 Å². The summed E-state index contributed by atoms with van der Waals surface area (Å²) in [5.41, 5.74) is -0.444. The number of amides is 1. The number of carbonyl (C=O) groups is 2. The minimum Gasteiger partial charge on any atom is -0.455 e. The molecular formula is C18H26ClNO4. The van der Waals surface area contributed by atoms with Crippen LogP contribution < -0.4 is 5.32 Å². The SMILES string of the molecule is O=C(COC(=O)C12C[C@H]3C[C@@H](CC(Cl)(C3)C1)C2)NC[C@H]1CCCO1. The highest BCUT2D eigenvalue weighted by molar-refractivity contribution is 6.24. The lowest BCUT2D eigenvalue weighted by Crippen LogP contribution is -2.56. The molecular weight excluding hydrogens is 330 g/mol. The third-order valence-corrected chi connectivity index (χ3v) is 6.75. The minimum atomic E-state index is -0.444. The molecule has 1 N–H and O–H groups in total. The van der Waals surface area contributed by atoms with Gasteiger partial charge in [0.05, 0.1) is 11.5 Å². The van der Waals surface area contributed by atoms with E-state index in [1.807, 2.05) is 0 Å². The summed E-state index contributed by atoms with van der Waals surface area (Å²) in [5, 5.41) is 2.79. The number of esters is 1. The van der Waals surface area contributed by atoms with Crippen molar-refractivity contribution in [2.45, 2.75) is 62.3 Å². The minimum absolute atomic E-state index is 0.101. The first kappa shape index (κ1) is 16.6. The number of carbonyl (C=O) groups excluding carboxylic acids is 2. The predicted octanol–water partition coefficient (Wildman–Crippen LogP) is 2.40. The second-order valence-corrected chi connectivity index (χ2v) is 9.21. The van der Waals surface area contributed by atoms with E-state index in [-0.39, 0.29) is 29.5 Å². The lowest BCUT2D eigenvalue weighted by atomic mass is 9.49. The zero-order valence-corrected chi connectivity index (χ0v) is 14.8. The number of hydrogen-bond donors (Lipinski definition) is 1. The van der Waals surface area contributed by atoms with Crippen molar-refractivity contribution in [1.29, 1.82) is 0 Å². The third-order valence-electron chi connectivity index (χ3n) is 6.31. The molecule has 5 rings (SSSR count). The molecule has 0 aromatic heterocycles.